The first-order valence-electron chi connectivity index (χ1n) is 22.9. The van der Waals surface area contributed by atoms with Crippen molar-refractivity contribution in [2.45, 2.75) is 19.3 Å². The van der Waals surface area contributed by atoms with Gasteiger partial charge in [0.1, 0.15) is 0 Å². The molecular formula is C55H41N. The molecule has 1 nitrogen and oxygen atoms in total. The van der Waals surface area contributed by atoms with Gasteiger partial charge in [-0.1, -0.05) is 184 Å². The van der Waals surface area contributed by atoms with Gasteiger partial charge in [0.25, 0.3) is 0 Å². The summed E-state index contributed by atoms with van der Waals surface area (Å²) in [5, 5.41) is 2.29. The Labute approximate surface area is 341 Å². The predicted octanol–water partition coefficient (Wildman–Crippen LogP) is 15.3. The second-order valence-corrected chi connectivity index (χ2v) is 14.7. The molecule has 0 aromatic heterocycles. The third-order valence-electron chi connectivity index (χ3n) is 11.0. The minimum absolute atomic E-state index is 0.122. The summed E-state index contributed by atoms with van der Waals surface area (Å²) in [5.41, 5.74) is 8.87. The van der Waals surface area contributed by atoms with Gasteiger partial charge in [-0.05, 0) is 120 Å². The molecule has 1 aliphatic rings. The van der Waals surface area contributed by atoms with Crippen LogP contribution in [0.4, 0.5) is 17.1 Å². The van der Waals surface area contributed by atoms with Crippen molar-refractivity contribution in [3.8, 4) is 55.6 Å². The zero-order chi connectivity index (χ0) is 44.6. The van der Waals surface area contributed by atoms with Gasteiger partial charge in [-0.2, -0.15) is 0 Å². The van der Waals surface area contributed by atoms with E-state index < -0.39 is 5.41 Å². The standard InChI is InChI=1S/C55H41N/c1-55(2)53-24-9-8-20-51(53)52-23-12-22-50(54(52)55)42-29-35-47(36-30-42)56(45-31-25-39(26-32-45)38-13-4-3-5-14-38)46-33-27-40(28-34-46)43-17-10-18-44(37-43)49-21-11-16-41-15-6-7-19-48(41)49/h3-37H,1-2H3/i25D,26D,29D,30D,31D,32D,35D,36D. The lowest BCUT2D eigenvalue weighted by molar-refractivity contribution is 0.662. The van der Waals surface area contributed by atoms with Gasteiger partial charge in [-0.15, -0.1) is 0 Å². The summed E-state index contributed by atoms with van der Waals surface area (Å²) in [6, 6.07) is 50.2. The second kappa shape index (κ2) is 13.7. The smallest absolute Gasteiger partial charge is 0.0645 e. The molecular weight excluding hydrogens is 675 g/mol. The number of hydrogen-bond donors (Lipinski definition) is 0. The lowest BCUT2D eigenvalue weighted by Crippen LogP contribution is -2.16. The van der Waals surface area contributed by atoms with Crippen LogP contribution in [0.3, 0.4) is 0 Å². The highest BCUT2D eigenvalue weighted by Gasteiger charge is 2.37. The predicted molar refractivity (Wildman–Crippen MR) is 238 cm³/mol. The highest BCUT2D eigenvalue weighted by atomic mass is 15.1. The first-order valence-corrected chi connectivity index (χ1v) is 18.9. The molecule has 0 saturated heterocycles. The van der Waals surface area contributed by atoms with Crippen molar-refractivity contribution in [2.75, 3.05) is 4.90 Å². The lowest BCUT2D eigenvalue weighted by atomic mass is 9.79. The molecule has 1 heteroatoms. The van der Waals surface area contributed by atoms with Crippen LogP contribution < -0.4 is 4.90 Å². The molecule has 0 radical (unpaired) electrons. The van der Waals surface area contributed by atoms with Crippen LogP contribution in [0, 0.1) is 0 Å². The van der Waals surface area contributed by atoms with E-state index in [9.17, 15) is 11.0 Å². The van der Waals surface area contributed by atoms with Crippen molar-refractivity contribution in [1.29, 1.82) is 0 Å². The average molecular weight is 724 g/mol. The summed E-state index contributed by atoms with van der Waals surface area (Å²) in [6.45, 7) is 4.22. The third-order valence-corrected chi connectivity index (χ3v) is 11.0. The Morgan fingerprint density at radius 2 is 0.911 bits per heavy atom. The Bertz CT molecular complexity index is 3280. The van der Waals surface area contributed by atoms with Crippen molar-refractivity contribution < 1.29 is 11.0 Å². The maximum absolute atomic E-state index is 9.69. The molecule has 0 heterocycles. The van der Waals surface area contributed by atoms with Gasteiger partial charge in [0.2, 0.25) is 0 Å². The summed E-state index contributed by atoms with van der Waals surface area (Å²) in [7, 11) is 0. The Morgan fingerprint density at radius 1 is 0.375 bits per heavy atom. The topological polar surface area (TPSA) is 3.24 Å². The Morgan fingerprint density at radius 3 is 1.70 bits per heavy atom. The van der Waals surface area contributed by atoms with Crippen molar-refractivity contribution in [1.82, 2.24) is 0 Å². The first-order chi connectivity index (χ1) is 30.9. The molecule has 0 aliphatic heterocycles. The second-order valence-electron chi connectivity index (χ2n) is 14.7. The minimum atomic E-state index is -0.498. The summed E-state index contributed by atoms with van der Waals surface area (Å²) in [5.74, 6) is 0. The molecule has 0 fully saturated rings. The van der Waals surface area contributed by atoms with Gasteiger partial charge in [0, 0.05) is 22.5 Å². The Balaban J connectivity index is 1.16. The van der Waals surface area contributed by atoms with Gasteiger partial charge in [0.05, 0.1) is 11.0 Å². The van der Waals surface area contributed by atoms with E-state index in [-0.39, 0.29) is 70.8 Å². The van der Waals surface area contributed by atoms with Crippen LogP contribution in [0.2, 0.25) is 0 Å². The molecule has 56 heavy (non-hydrogen) atoms. The van der Waals surface area contributed by atoms with E-state index in [4.69, 9.17) is 0 Å². The number of hydrogen-bond acceptors (Lipinski definition) is 1. The van der Waals surface area contributed by atoms with E-state index in [0.717, 1.165) is 55.3 Å². The Kier molecular flexibility index (Phi) is 6.36. The largest absolute Gasteiger partial charge is 0.311 e. The number of nitrogens with zero attached hydrogens (tertiary/aromatic N) is 1. The van der Waals surface area contributed by atoms with Crippen molar-refractivity contribution in [2.24, 2.45) is 0 Å². The summed E-state index contributed by atoms with van der Waals surface area (Å²) in [6.07, 6.45) is 0. The molecule has 266 valence electrons. The van der Waals surface area contributed by atoms with Gasteiger partial charge >= 0.3 is 0 Å². The summed E-state index contributed by atoms with van der Waals surface area (Å²) in [4.78, 5) is 1.37. The van der Waals surface area contributed by atoms with Crippen molar-refractivity contribution in [3.63, 3.8) is 0 Å². The number of rotatable bonds is 7. The molecule has 9 aromatic carbocycles. The van der Waals surface area contributed by atoms with Gasteiger partial charge in [0.15, 0.2) is 0 Å². The minimum Gasteiger partial charge on any atom is -0.311 e. The van der Waals surface area contributed by atoms with Crippen LogP contribution in [-0.2, 0) is 5.41 Å². The highest BCUT2D eigenvalue weighted by molar-refractivity contribution is 5.97. The fourth-order valence-electron chi connectivity index (χ4n) is 8.29. The molecule has 0 unspecified atom stereocenters. The summed E-state index contributed by atoms with van der Waals surface area (Å²) < 4.78 is 76.0. The van der Waals surface area contributed by atoms with E-state index in [2.05, 4.69) is 68.4 Å². The van der Waals surface area contributed by atoms with Crippen LogP contribution in [-0.4, -0.2) is 0 Å². The van der Waals surface area contributed by atoms with Crippen LogP contribution in [0.15, 0.2) is 212 Å². The van der Waals surface area contributed by atoms with Gasteiger partial charge in [-0.25, -0.2) is 0 Å². The maximum atomic E-state index is 9.69. The van der Waals surface area contributed by atoms with E-state index in [0.29, 0.717) is 16.8 Å². The number of benzene rings is 9. The van der Waals surface area contributed by atoms with Crippen LogP contribution >= 0.6 is 0 Å². The Hall–Kier alpha value is -6.96. The molecule has 1 aliphatic carbocycles. The van der Waals surface area contributed by atoms with E-state index >= 15 is 0 Å². The zero-order valence-electron chi connectivity index (χ0n) is 39.0. The zero-order valence-corrected chi connectivity index (χ0v) is 31.0. The monoisotopic (exact) mass is 723 g/mol. The van der Waals surface area contributed by atoms with E-state index in [1.807, 2.05) is 72.8 Å². The van der Waals surface area contributed by atoms with E-state index in [1.54, 1.807) is 36.4 Å². The van der Waals surface area contributed by atoms with Crippen LogP contribution in [0.25, 0.3) is 66.4 Å². The molecule has 0 atom stereocenters. The molecule has 0 spiro atoms. The van der Waals surface area contributed by atoms with Crippen molar-refractivity contribution >= 4 is 27.8 Å². The number of anilines is 3. The molecule has 0 bridgehead atoms. The average Bonchev–Trinajstić information content (AvgIpc) is 3.56. The van der Waals surface area contributed by atoms with Gasteiger partial charge < -0.3 is 4.90 Å². The van der Waals surface area contributed by atoms with Crippen LogP contribution in [0.1, 0.15) is 35.9 Å². The van der Waals surface area contributed by atoms with Crippen molar-refractivity contribution in [3.05, 3.63) is 223 Å². The molecule has 0 amide bonds. The lowest BCUT2D eigenvalue weighted by Gasteiger charge is -2.27. The maximum Gasteiger partial charge on any atom is 0.0645 e. The summed E-state index contributed by atoms with van der Waals surface area (Å²) >= 11 is 0. The first kappa shape index (κ1) is 26.0. The highest BCUT2D eigenvalue weighted by Crippen LogP contribution is 2.52. The molecule has 0 N–H and O–H groups in total. The van der Waals surface area contributed by atoms with E-state index in [1.165, 1.54) is 4.90 Å². The fourth-order valence-corrected chi connectivity index (χ4v) is 8.29. The van der Waals surface area contributed by atoms with Gasteiger partial charge in [-0.3, -0.25) is 0 Å². The molecule has 9 aromatic rings. The fraction of sp³-hybridized carbons (Fsp3) is 0.0545. The third kappa shape index (κ3) is 5.81. The number of fused-ring (bicyclic) bond motifs is 4. The molecule has 0 saturated carbocycles. The van der Waals surface area contributed by atoms with Crippen LogP contribution in [0.5, 0.6) is 0 Å². The molecule has 10 rings (SSSR count). The quantitative estimate of drug-likeness (QED) is 0.158. The normalized spacial score (nSPS) is 14.6. The SMILES string of the molecule is [2H]c1c([2H])c(N(c2ccc(-c3cccc(-c4cccc5ccccc45)c3)cc2)c2c([2H])c([2H])c(-c3cccc4c3C(C)(C)c3ccccc3-4)c([2H])c2[2H])c([2H])c([2H])c1-c1ccccc1.